The molecule has 1 unspecified atom stereocenters. The van der Waals surface area contributed by atoms with Crippen molar-refractivity contribution in [1.82, 2.24) is 0 Å². The second-order valence-electron chi connectivity index (χ2n) is 6.88. The van der Waals surface area contributed by atoms with Crippen molar-refractivity contribution in [3.63, 3.8) is 0 Å². The minimum Gasteiger partial charge on any atom is -0.481 e. The molecule has 0 radical (unpaired) electrons. The average molecular weight is 359 g/mol. The number of unbranched alkanes of at least 4 members (excludes halogenated alkanes) is 10. The fraction of sp³-hybridized carbons (Fsp3) is 0.900. The van der Waals surface area contributed by atoms with Gasteiger partial charge in [-0.15, -0.1) is 0 Å². The lowest BCUT2D eigenvalue weighted by Gasteiger charge is -2.16. The van der Waals surface area contributed by atoms with Gasteiger partial charge in [-0.25, -0.2) is 4.79 Å². The van der Waals surface area contributed by atoms with Crippen molar-refractivity contribution in [2.24, 2.45) is 0 Å². The van der Waals surface area contributed by atoms with Crippen LogP contribution in [0.3, 0.4) is 0 Å². The van der Waals surface area contributed by atoms with Crippen LogP contribution in [-0.4, -0.2) is 34.9 Å². The molecule has 0 bridgehead atoms. The van der Waals surface area contributed by atoms with Crippen molar-refractivity contribution >= 4 is 11.9 Å². The molecule has 2 N–H and O–H groups in total. The monoisotopic (exact) mass is 358 g/mol. The lowest BCUT2D eigenvalue weighted by molar-refractivity contribution is -0.153. The summed E-state index contributed by atoms with van der Waals surface area (Å²) < 4.78 is 5.23. The van der Waals surface area contributed by atoms with Gasteiger partial charge < -0.3 is 14.9 Å². The third-order valence-corrected chi connectivity index (χ3v) is 4.45. The molecule has 0 aromatic carbocycles. The summed E-state index contributed by atoms with van der Waals surface area (Å²) in [4.78, 5) is 21.5. The van der Waals surface area contributed by atoms with E-state index < -0.39 is 18.5 Å². The number of aliphatic hydroxyl groups is 1. The van der Waals surface area contributed by atoms with E-state index in [-0.39, 0.29) is 6.10 Å². The number of hydrogen-bond donors (Lipinski definition) is 2. The Bertz CT molecular complexity index is 330. The highest BCUT2D eigenvalue weighted by atomic mass is 16.6. The van der Waals surface area contributed by atoms with Gasteiger partial charge in [0.05, 0.1) is 0 Å². The molecule has 25 heavy (non-hydrogen) atoms. The number of ether oxygens (including phenoxy) is 1. The molecule has 0 amide bonds. The molecule has 0 fully saturated rings. The highest BCUT2D eigenvalue weighted by Crippen LogP contribution is 2.15. The molecule has 0 aromatic rings. The molecule has 0 aromatic heterocycles. The quantitative estimate of drug-likeness (QED) is 0.270. The lowest BCUT2D eigenvalue weighted by atomic mass is 10.0. The van der Waals surface area contributed by atoms with Crippen LogP contribution in [0.1, 0.15) is 103 Å². The van der Waals surface area contributed by atoms with Gasteiger partial charge in [0, 0.05) is 6.42 Å². The molecule has 0 aliphatic carbocycles. The molecular weight excluding hydrogens is 320 g/mol. The number of carbonyl (C=O) groups is 2. The van der Waals surface area contributed by atoms with Crippen molar-refractivity contribution in [3.8, 4) is 0 Å². The van der Waals surface area contributed by atoms with Gasteiger partial charge in [-0.1, -0.05) is 71.1 Å². The first kappa shape index (κ1) is 23.9. The standard InChI is InChI=1S/C20H38O5/c1-2-14-18(25-20(24)17-21)15-12-10-8-6-4-3-5-7-9-11-13-16-19(22)23/h18,21H,2-17H2,1H3,(H,22,23). The zero-order chi connectivity index (χ0) is 18.8. The Kier molecular flexibility index (Phi) is 16.9. The third-order valence-electron chi connectivity index (χ3n) is 4.45. The second kappa shape index (κ2) is 17.7. The number of carboxylic acid groups (broad SMARTS) is 1. The van der Waals surface area contributed by atoms with Crippen LogP contribution in [0.15, 0.2) is 0 Å². The summed E-state index contributed by atoms with van der Waals surface area (Å²) in [6, 6.07) is 0. The van der Waals surface area contributed by atoms with E-state index in [4.69, 9.17) is 14.9 Å². The van der Waals surface area contributed by atoms with Crippen LogP contribution in [0.25, 0.3) is 0 Å². The predicted molar refractivity (Wildman–Crippen MR) is 99.5 cm³/mol. The van der Waals surface area contributed by atoms with Gasteiger partial charge in [0.25, 0.3) is 0 Å². The Morgan fingerprint density at radius 3 is 1.72 bits per heavy atom. The van der Waals surface area contributed by atoms with Crippen LogP contribution in [0.4, 0.5) is 0 Å². The molecule has 0 saturated carbocycles. The van der Waals surface area contributed by atoms with Gasteiger partial charge in [0.15, 0.2) is 0 Å². The number of hydrogen-bond acceptors (Lipinski definition) is 4. The van der Waals surface area contributed by atoms with Gasteiger partial charge in [-0.2, -0.15) is 0 Å². The van der Waals surface area contributed by atoms with E-state index in [1.54, 1.807) is 0 Å². The zero-order valence-electron chi connectivity index (χ0n) is 16.0. The number of esters is 1. The van der Waals surface area contributed by atoms with E-state index in [9.17, 15) is 9.59 Å². The van der Waals surface area contributed by atoms with Crippen molar-refractivity contribution in [1.29, 1.82) is 0 Å². The summed E-state index contributed by atoms with van der Waals surface area (Å²) in [6.07, 6.45) is 15.8. The first-order chi connectivity index (χ1) is 12.1. The van der Waals surface area contributed by atoms with Crippen molar-refractivity contribution in [2.75, 3.05) is 6.61 Å². The summed E-state index contributed by atoms with van der Waals surface area (Å²) >= 11 is 0. The molecule has 148 valence electrons. The van der Waals surface area contributed by atoms with Crippen LogP contribution >= 0.6 is 0 Å². The van der Waals surface area contributed by atoms with Gasteiger partial charge in [0.2, 0.25) is 0 Å². The third kappa shape index (κ3) is 17.5. The Morgan fingerprint density at radius 1 is 0.800 bits per heavy atom. The maximum absolute atomic E-state index is 11.1. The van der Waals surface area contributed by atoms with Crippen LogP contribution < -0.4 is 0 Å². The summed E-state index contributed by atoms with van der Waals surface area (Å²) in [5, 5.41) is 17.3. The number of aliphatic hydroxyl groups excluding tert-OH is 1. The predicted octanol–water partition coefficient (Wildman–Crippen LogP) is 4.85. The van der Waals surface area contributed by atoms with Crippen LogP contribution in [0.5, 0.6) is 0 Å². The summed E-state index contributed by atoms with van der Waals surface area (Å²) in [5.41, 5.74) is 0. The SMILES string of the molecule is CCCC(CCCCCCCCCCCCCC(=O)O)OC(=O)CO. The maximum atomic E-state index is 11.1. The van der Waals surface area contributed by atoms with Crippen LogP contribution in [-0.2, 0) is 14.3 Å². The van der Waals surface area contributed by atoms with E-state index in [0.717, 1.165) is 44.9 Å². The minimum absolute atomic E-state index is 0.0363. The maximum Gasteiger partial charge on any atom is 0.332 e. The fourth-order valence-corrected chi connectivity index (χ4v) is 3.05. The van der Waals surface area contributed by atoms with E-state index in [1.165, 1.54) is 44.9 Å². The molecule has 0 aliphatic heterocycles. The van der Waals surface area contributed by atoms with E-state index in [2.05, 4.69) is 6.92 Å². The number of carbonyl (C=O) groups excluding carboxylic acids is 1. The Labute approximate surface area is 153 Å². The van der Waals surface area contributed by atoms with E-state index >= 15 is 0 Å². The number of carboxylic acids is 1. The van der Waals surface area contributed by atoms with Gasteiger partial charge >= 0.3 is 11.9 Å². The summed E-state index contributed by atoms with van der Waals surface area (Å²) in [5.74, 6) is -1.20. The first-order valence-corrected chi connectivity index (χ1v) is 10.1. The van der Waals surface area contributed by atoms with E-state index in [1.807, 2.05) is 0 Å². The topological polar surface area (TPSA) is 83.8 Å². The molecule has 1 atom stereocenters. The van der Waals surface area contributed by atoms with Crippen LogP contribution in [0, 0.1) is 0 Å². The molecular formula is C20H38O5. The van der Waals surface area contributed by atoms with Crippen LogP contribution in [0.2, 0.25) is 0 Å². The van der Waals surface area contributed by atoms with Crippen molar-refractivity contribution < 1.29 is 24.5 Å². The molecule has 0 saturated heterocycles. The molecule has 0 spiro atoms. The van der Waals surface area contributed by atoms with Crippen molar-refractivity contribution in [2.45, 2.75) is 109 Å². The summed E-state index contributed by atoms with van der Waals surface area (Å²) in [6.45, 7) is 1.55. The van der Waals surface area contributed by atoms with E-state index in [0.29, 0.717) is 6.42 Å². The normalized spacial score (nSPS) is 12.1. The average Bonchev–Trinajstić information content (AvgIpc) is 2.58. The highest BCUT2D eigenvalue weighted by Gasteiger charge is 2.12. The first-order valence-electron chi connectivity index (χ1n) is 10.1. The fourth-order valence-electron chi connectivity index (χ4n) is 3.05. The molecule has 0 aliphatic rings. The minimum atomic E-state index is -0.687. The number of rotatable bonds is 18. The van der Waals surface area contributed by atoms with Gasteiger partial charge in [0.1, 0.15) is 12.7 Å². The lowest BCUT2D eigenvalue weighted by Crippen LogP contribution is -2.20. The summed E-state index contributed by atoms with van der Waals surface area (Å²) in [7, 11) is 0. The largest absolute Gasteiger partial charge is 0.481 e. The smallest absolute Gasteiger partial charge is 0.332 e. The highest BCUT2D eigenvalue weighted by molar-refractivity contribution is 5.70. The molecule has 5 nitrogen and oxygen atoms in total. The Morgan fingerprint density at radius 2 is 1.28 bits per heavy atom. The molecule has 0 heterocycles. The Balaban J connectivity index is 3.36. The Hall–Kier alpha value is -1.10. The molecule has 5 heteroatoms. The van der Waals surface area contributed by atoms with Gasteiger partial charge in [-0.05, 0) is 25.7 Å². The van der Waals surface area contributed by atoms with Crippen molar-refractivity contribution in [3.05, 3.63) is 0 Å². The van der Waals surface area contributed by atoms with Gasteiger partial charge in [-0.3, -0.25) is 4.79 Å². The zero-order valence-corrected chi connectivity index (χ0v) is 16.0. The second-order valence-corrected chi connectivity index (χ2v) is 6.88. The number of aliphatic carboxylic acids is 1. The molecule has 0 rings (SSSR count).